The highest BCUT2D eigenvalue weighted by Crippen LogP contribution is 2.27. The molecular weight excluding hydrogens is 218 g/mol. The fraction of sp³-hybridized carbons (Fsp3) is 0. The van der Waals surface area contributed by atoms with Gasteiger partial charge in [0.05, 0.1) is 16.5 Å². The van der Waals surface area contributed by atoms with Crippen molar-refractivity contribution in [3.05, 3.63) is 46.6 Å². The zero-order valence-electron chi connectivity index (χ0n) is 8.81. The number of hydrogen-bond donors (Lipinski definition) is 2. The summed E-state index contributed by atoms with van der Waals surface area (Å²) >= 11 is 0. The van der Waals surface area contributed by atoms with Gasteiger partial charge in [-0.1, -0.05) is 12.1 Å². The first-order chi connectivity index (χ1) is 8.16. The molecule has 1 heterocycles. The smallest absolute Gasteiger partial charge is 0.200 e. The molecule has 4 heteroatoms. The Kier molecular flexibility index (Phi) is 1.86. The maximum absolute atomic E-state index is 12.2. The lowest BCUT2D eigenvalue weighted by molar-refractivity contribution is 0.477. The fourth-order valence-electron chi connectivity index (χ4n) is 1.85. The summed E-state index contributed by atoms with van der Waals surface area (Å²) < 4.78 is 5.55. The van der Waals surface area contributed by atoms with Crippen LogP contribution in [0.4, 0.5) is 5.69 Å². The van der Waals surface area contributed by atoms with Gasteiger partial charge in [-0.15, -0.1) is 0 Å². The van der Waals surface area contributed by atoms with Crippen molar-refractivity contribution in [2.24, 2.45) is 0 Å². The molecule has 3 aromatic rings. The Morgan fingerprint density at radius 3 is 2.65 bits per heavy atom. The molecule has 0 fully saturated rings. The Labute approximate surface area is 95.9 Å². The minimum Gasteiger partial charge on any atom is -0.506 e. The van der Waals surface area contributed by atoms with Gasteiger partial charge >= 0.3 is 0 Å². The van der Waals surface area contributed by atoms with Gasteiger partial charge in [0.2, 0.25) is 5.43 Å². The van der Waals surface area contributed by atoms with Crippen LogP contribution in [-0.2, 0) is 0 Å². The van der Waals surface area contributed by atoms with Crippen LogP contribution in [0.1, 0.15) is 0 Å². The number of phenols is 1. The number of aromatic hydroxyl groups is 1. The number of nitrogen functional groups attached to an aromatic ring is 1. The van der Waals surface area contributed by atoms with Gasteiger partial charge in [-0.25, -0.2) is 0 Å². The van der Waals surface area contributed by atoms with Crippen LogP contribution in [0.3, 0.4) is 0 Å². The summed E-state index contributed by atoms with van der Waals surface area (Å²) in [5.74, 6) is -0.0871. The molecule has 2 aromatic carbocycles. The molecule has 0 amide bonds. The monoisotopic (exact) mass is 227 g/mol. The number of benzene rings is 2. The summed E-state index contributed by atoms with van der Waals surface area (Å²) in [6, 6.07) is 9.76. The predicted molar refractivity (Wildman–Crippen MR) is 66.1 cm³/mol. The molecule has 0 unspecified atom stereocenters. The summed E-state index contributed by atoms with van der Waals surface area (Å²) in [5, 5.41) is 10.4. The standard InChI is InChI=1S/C13H9NO3/c14-9-5-8-12(6-10(9)15)17-11-4-2-1-3-7(11)13(8)16/h1-6,15H,14H2. The maximum Gasteiger partial charge on any atom is 0.200 e. The van der Waals surface area contributed by atoms with Gasteiger partial charge in [0.15, 0.2) is 0 Å². The van der Waals surface area contributed by atoms with Crippen molar-refractivity contribution in [3.63, 3.8) is 0 Å². The van der Waals surface area contributed by atoms with E-state index in [1.807, 2.05) is 0 Å². The minimum atomic E-state index is -0.145. The predicted octanol–water partition coefficient (Wildman–Crippen LogP) is 2.23. The second-order valence-corrected chi connectivity index (χ2v) is 3.83. The average molecular weight is 227 g/mol. The third kappa shape index (κ3) is 1.34. The minimum absolute atomic E-state index is 0.0871. The van der Waals surface area contributed by atoms with Crippen LogP contribution in [0, 0.1) is 0 Å². The van der Waals surface area contributed by atoms with Gasteiger partial charge in [-0.3, -0.25) is 4.79 Å². The lowest BCUT2D eigenvalue weighted by Gasteiger charge is -2.03. The van der Waals surface area contributed by atoms with Crippen LogP contribution < -0.4 is 11.2 Å². The van der Waals surface area contributed by atoms with E-state index < -0.39 is 0 Å². The van der Waals surface area contributed by atoms with Crippen LogP contribution >= 0.6 is 0 Å². The Morgan fingerprint density at radius 2 is 1.82 bits per heavy atom. The Balaban J connectivity index is 2.60. The number of fused-ring (bicyclic) bond motifs is 2. The first-order valence-electron chi connectivity index (χ1n) is 5.11. The molecule has 0 spiro atoms. The van der Waals surface area contributed by atoms with Crippen molar-refractivity contribution in [1.29, 1.82) is 0 Å². The summed E-state index contributed by atoms with van der Waals surface area (Å²) in [7, 11) is 0. The fourth-order valence-corrected chi connectivity index (χ4v) is 1.85. The van der Waals surface area contributed by atoms with Crippen molar-refractivity contribution >= 4 is 27.6 Å². The van der Waals surface area contributed by atoms with E-state index in [4.69, 9.17) is 10.2 Å². The molecular formula is C13H9NO3. The average Bonchev–Trinajstić information content (AvgIpc) is 2.32. The van der Waals surface area contributed by atoms with Crippen LogP contribution in [0.25, 0.3) is 21.9 Å². The second-order valence-electron chi connectivity index (χ2n) is 3.83. The molecule has 0 bridgehead atoms. The van der Waals surface area contributed by atoms with E-state index >= 15 is 0 Å². The van der Waals surface area contributed by atoms with Crippen molar-refractivity contribution in [2.75, 3.05) is 5.73 Å². The molecule has 0 aliphatic carbocycles. The molecule has 0 aliphatic heterocycles. The zero-order chi connectivity index (χ0) is 12.0. The summed E-state index contributed by atoms with van der Waals surface area (Å²) in [4.78, 5) is 12.2. The van der Waals surface area contributed by atoms with E-state index in [1.165, 1.54) is 12.1 Å². The number of para-hydroxylation sites is 1. The first-order valence-corrected chi connectivity index (χ1v) is 5.11. The van der Waals surface area contributed by atoms with Gasteiger partial charge in [0, 0.05) is 6.07 Å². The summed E-state index contributed by atoms with van der Waals surface area (Å²) in [5.41, 5.74) is 6.42. The van der Waals surface area contributed by atoms with Gasteiger partial charge in [0.1, 0.15) is 16.9 Å². The Hall–Kier alpha value is -2.49. The number of nitrogens with two attached hydrogens (primary N) is 1. The van der Waals surface area contributed by atoms with Gasteiger partial charge in [0.25, 0.3) is 0 Å². The second kappa shape index (κ2) is 3.25. The number of hydrogen-bond acceptors (Lipinski definition) is 4. The topological polar surface area (TPSA) is 76.5 Å². The Bertz CT molecular complexity index is 790. The maximum atomic E-state index is 12.2. The van der Waals surface area contributed by atoms with Crippen LogP contribution in [0.2, 0.25) is 0 Å². The van der Waals surface area contributed by atoms with Crippen molar-refractivity contribution in [3.8, 4) is 5.75 Å². The van der Waals surface area contributed by atoms with Crippen LogP contribution in [0.15, 0.2) is 45.6 Å². The molecule has 3 rings (SSSR count). The van der Waals surface area contributed by atoms with Crippen molar-refractivity contribution in [2.45, 2.75) is 0 Å². The normalized spacial score (nSPS) is 11.1. The van der Waals surface area contributed by atoms with Crippen LogP contribution in [-0.4, -0.2) is 5.11 Å². The largest absolute Gasteiger partial charge is 0.506 e. The number of rotatable bonds is 0. The Morgan fingerprint density at radius 1 is 1.06 bits per heavy atom. The van der Waals surface area contributed by atoms with Gasteiger partial charge < -0.3 is 15.3 Å². The van der Waals surface area contributed by atoms with E-state index in [9.17, 15) is 9.90 Å². The van der Waals surface area contributed by atoms with Crippen LogP contribution in [0.5, 0.6) is 5.75 Å². The van der Waals surface area contributed by atoms with E-state index in [-0.39, 0.29) is 16.9 Å². The van der Waals surface area contributed by atoms with E-state index in [0.717, 1.165) is 0 Å². The molecule has 4 nitrogen and oxygen atoms in total. The molecule has 0 saturated heterocycles. The molecule has 3 N–H and O–H groups in total. The SMILES string of the molecule is Nc1cc2c(=O)c3ccccc3oc2cc1O. The lowest BCUT2D eigenvalue weighted by Crippen LogP contribution is -2.02. The molecule has 0 saturated carbocycles. The quantitative estimate of drug-likeness (QED) is 0.351. The molecule has 1 aromatic heterocycles. The van der Waals surface area contributed by atoms with E-state index in [2.05, 4.69) is 0 Å². The molecule has 0 radical (unpaired) electrons. The summed E-state index contributed by atoms with van der Waals surface area (Å²) in [6.07, 6.45) is 0. The van der Waals surface area contributed by atoms with Crippen molar-refractivity contribution in [1.82, 2.24) is 0 Å². The zero-order valence-corrected chi connectivity index (χ0v) is 8.81. The number of anilines is 1. The third-order valence-electron chi connectivity index (χ3n) is 2.73. The van der Waals surface area contributed by atoms with Crippen molar-refractivity contribution < 1.29 is 9.52 Å². The van der Waals surface area contributed by atoms with E-state index in [0.29, 0.717) is 21.9 Å². The highest BCUT2D eigenvalue weighted by atomic mass is 16.3. The molecule has 0 atom stereocenters. The summed E-state index contributed by atoms with van der Waals surface area (Å²) in [6.45, 7) is 0. The molecule has 0 aliphatic rings. The highest BCUT2D eigenvalue weighted by Gasteiger charge is 2.09. The third-order valence-corrected chi connectivity index (χ3v) is 2.73. The number of phenolic OH excluding ortho intramolecular Hbond substituents is 1. The van der Waals surface area contributed by atoms with Gasteiger partial charge in [-0.05, 0) is 18.2 Å². The first kappa shape index (κ1) is 9.72. The van der Waals surface area contributed by atoms with E-state index in [1.54, 1.807) is 24.3 Å². The lowest BCUT2D eigenvalue weighted by atomic mass is 10.1. The van der Waals surface area contributed by atoms with Gasteiger partial charge in [-0.2, -0.15) is 0 Å². The molecule has 84 valence electrons. The molecule has 17 heavy (non-hydrogen) atoms. The highest BCUT2D eigenvalue weighted by molar-refractivity contribution is 5.92.